The van der Waals surface area contributed by atoms with Gasteiger partial charge in [-0.3, -0.25) is 9.78 Å². The standard InChI is InChI=1S/C24H38N2OSi/c1-17(2)28(18(3)4,19(5)6)15-13-21-16-22(12-11-20(21)7)26-24(27)23-10-8-9-14-25-23/h8-10,14,17-22H,11-12,16H2,1-7H3,(H,26,27). The Hall–Kier alpha value is -1.60. The lowest BCUT2D eigenvalue weighted by atomic mass is 9.78. The second-order valence-corrected chi connectivity index (χ2v) is 15.0. The molecule has 2 rings (SSSR count). The van der Waals surface area contributed by atoms with Gasteiger partial charge in [0.2, 0.25) is 0 Å². The number of nitrogens with one attached hydrogen (secondary N) is 1. The van der Waals surface area contributed by atoms with E-state index in [0.29, 0.717) is 34.2 Å². The van der Waals surface area contributed by atoms with E-state index in [1.165, 1.54) is 0 Å². The molecule has 1 amide bonds. The van der Waals surface area contributed by atoms with Gasteiger partial charge in [-0.05, 0) is 53.9 Å². The molecule has 3 unspecified atom stereocenters. The van der Waals surface area contributed by atoms with E-state index in [-0.39, 0.29) is 11.9 Å². The van der Waals surface area contributed by atoms with Crippen molar-refractivity contribution in [1.82, 2.24) is 10.3 Å². The highest BCUT2D eigenvalue weighted by molar-refractivity contribution is 6.90. The van der Waals surface area contributed by atoms with E-state index >= 15 is 0 Å². The van der Waals surface area contributed by atoms with Crippen molar-refractivity contribution in [2.24, 2.45) is 11.8 Å². The van der Waals surface area contributed by atoms with Crippen molar-refractivity contribution < 1.29 is 4.79 Å². The molecule has 1 heterocycles. The van der Waals surface area contributed by atoms with Gasteiger partial charge in [0.05, 0.1) is 0 Å². The molecule has 1 aliphatic carbocycles. The number of pyridine rings is 1. The van der Waals surface area contributed by atoms with Crippen LogP contribution in [0.2, 0.25) is 16.6 Å². The van der Waals surface area contributed by atoms with E-state index in [4.69, 9.17) is 0 Å². The number of amides is 1. The molecule has 0 radical (unpaired) electrons. The molecule has 154 valence electrons. The minimum absolute atomic E-state index is 0.0675. The third kappa shape index (κ3) is 5.06. The fourth-order valence-corrected chi connectivity index (χ4v) is 10.4. The summed E-state index contributed by atoms with van der Waals surface area (Å²) in [5, 5.41) is 3.19. The smallest absolute Gasteiger partial charge is 0.270 e. The maximum atomic E-state index is 12.5. The summed E-state index contributed by atoms with van der Waals surface area (Å²) < 4.78 is 0. The van der Waals surface area contributed by atoms with Crippen molar-refractivity contribution in [3.63, 3.8) is 0 Å². The first-order valence-corrected chi connectivity index (χ1v) is 13.2. The van der Waals surface area contributed by atoms with E-state index in [1.54, 1.807) is 12.3 Å². The molecule has 0 bridgehead atoms. The van der Waals surface area contributed by atoms with Crippen LogP contribution in [0.3, 0.4) is 0 Å². The number of aromatic nitrogens is 1. The lowest BCUT2D eigenvalue weighted by Gasteiger charge is -2.39. The van der Waals surface area contributed by atoms with Crippen LogP contribution in [0.15, 0.2) is 24.4 Å². The minimum Gasteiger partial charge on any atom is -0.348 e. The topological polar surface area (TPSA) is 42.0 Å². The second-order valence-electron chi connectivity index (χ2n) is 9.45. The molecular formula is C24H38N2OSi. The second kappa shape index (κ2) is 9.74. The summed E-state index contributed by atoms with van der Waals surface area (Å²) in [4.78, 5) is 16.7. The minimum atomic E-state index is -1.71. The highest BCUT2D eigenvalue weighted by atomic mass is 28.3. The van der Waals surface area contributed by atoms with Gasteiger partial charge >= 0.3 is 0 Å². The van der Waals surface area contributed by atoms with Crippen LogP contribution in [-0.4, -0.2) is 25.0 Å². The maximum Gasteiger partial charge on any atom is 0.270 e. The van der Waals surface area contributed by atoms with E-state index in [0.717, 1.165) is 19.3 Å². The van der Waals surface area contributed by atoms with Crippen LogP contribution in [0, 0.1) is 23.3 Å². The third-order valence-corrected chi connectivity index (χ3v) is 13.1. The van der Waals surface area contributed by atoms with Crippen molar-refractivity contribution >= 4 is 14.0 Å². The lowest BCUT2D eigenvalue weighted by Crippen LogP contribution is -2.44. The molecule has 0 aliphatic heterocycles. The summed E-state index contributed by atoms with van der Waals surface area (Å²) in [6.45, 7) is 16.5. The summed E-state index contributed by atoms with van der Waals surface area (Å²) in [5.74, 6) is 4.63. The Morgan fingerprint density at radius 2 is 1.75 bits per heavy atom. The summed E-state index contributed by atoms with van der Waals surface area (Å²) in [5.41, 5.74) is 6.35. The Labute approximate surface area is 173 Å². The van der Waals surface area contributed by atoms with Crippen LogP contribution in [0.1, 0.15) is 78.2 Å². The highest BCUT2D eigenvalue weighted by Crippen LogP contribution is 2.41. The Kier molecular flexibility index (Phi) is 7.89. The lowest BCUT2D eigenvalue weighted by molar-refractivity contribution is 0.0911. The van der Waals surface area contributed by atoms with Crippen molar-refractivity contribution in [1.29, 1.82) is 0 Å². The molecule has 28 heavy (non-hydrogen) atoms. The molecule has 1 fully saturated rings. The molecule has 3 nitrogen and oxygen atoms in total. The molecule has 1 saturated carbocycles. The molecule has 0 saturated heterocycles. The van der Waals surface area contributed by atoms with Crippen LogP contribution in [0.25, 0.3) is 0 Å². The summed E-state index contributed by atoms with van der Waals surface area (Å²) in [7, 11) is -1.71. The zero-order chi connectivity index (χ0) is 20.9. The summed E-state index contributed by atoms with van der Waals surface area (Å²) >= 11 is 0. The quantitative estimate of drug-likeness (QED) is 0.500. The van der Waals surface area contributed by atoms with Crippen molar-refractivity contribution in [3.8, 4) is 11.5 Å². The van der Waals surface area contributed by atoms with Crippen LogP contribution in [-0.2, 0) is 0 Å². The number of hydrogen-bond acceptors (Lipinski definition) is 2. The molecule has 4 heteroatoms. The van der Waals surface area contributed by atoms with Gasteiger partial charge in [0.25, 0.3) is 5.91 Å². The van der Waals surface area contributed by atoms with Gasteiger partial charge in [-0.2, -0.15) is 0 Å². The van der Waals surface area contributed by atoms with Gasteiger partial charge in [-0.25, -0.2) is 0 Å². The summed E-state index contributed by atoms with van der Waals surface area (Å²) in [6, 6.07) is 5.65. The van der Waals surface area contributed by atoms with Crippen LogP contribution < -0.4 is 5.32 Å². The van der Waals surface area contributed by atoms with Gasteiger partial charge < -0.3 is 5.32 Å². The normalized spacial score (nSPS) is 22.9. The first-order valence-electron chi connectivity index (χ1n) is 10.9. The summed E-state index contributed by atoms with van der Waals surface area (Å²) in [6.07, 6.45) is 4.76. The van der Waals surface area contributed by atoms with E-state index in [1.807, 2.05) is 12.1 Å². The Bertz CT molecular complexity index is 681. The van der Waals surface area contributed by atoms with Crippen LogP contribution in [0.5, 0.6) is 0 Å². The third-order valence-electron chi connectivity index (χ3n) is 6.77. The Morgan fingerprint density at radius 1 is 1.11 bits per heavy atom. The number of nitrogens with zero attached hydrogens (tertiary/aromatic N) is 1. The molecule has 0 aromatic carbocycles. The first-order chi connectivity index (χ1) is 13.2. The molecule has 1 N–H and O–H groups in total. The molecule has 0 spiro atoms. The fraction of sp³-hybridized carbons (Fsp3) is 0.667. The van der Waals surface area contributed by atoms with Crippen LogP contribution in [0.4, 0.5) is 0 Å². The van der Waals surface area contributed by atoms with Gasteiger partial charge in [-0.1, -0.05) is 54.5 Å². The molecule has 3 atom stereocenters. The zero-order valence-corrected chi connectivity index (χ0v) is 19.8. The van der Waals surface area contributed by atoms with Crippen molar-refractivity contribution in [3.05, 3.63) is 30.1 Å². The number of carbonyl (C=O) groups excluding carboxylic acids is 1. The van der Waals surface area contributed by atoms with E-state index in [2.05, 4.69) is 70.2 Å². The Morgan fingerprint density at radius 3 is 2.29 bits per heavy atom. The average molecular weight is 399 g/mol. The average Bonchev–Trinajstić information content (AvgIpc) is 2.64. The number of rotatable bonds is 5. The number of hydrogen-bond donors (Lipinski definition) is 1. The fourth-order valence-electron chi connectivity index (χ4n) is 5.06. The highest BCUT2D eigenvalue weighted by Gasteiger charge is 2.42. The first kappa shape index (κ1) is 22.7. The van der Waals surface area contributed by atoms with Gasteiger partial charge in [0, 0.05) is 18.2 Å². The number of carbonyl (C=O) groups is 1. The van der Waals surface area contributed by atoms with E-state index < -0.39 is 8.07 Å². The molecular weight excluding hydrogens is 360 g/mol. The maximum absolute atomic E-state index is 12.5. The molecule has 1 aliphatic rings. The van der Waals surface area contributed by atoms with Gasteiger partial charge in [0.15, 0.2) is 0 Å². The SMILES string of the molecule is CC1CCC(NC(=O)c2ccccn2)CC1C#C[Si](C(C)C)(C(C)C)C(C)C. The largest absolute Gasteiger partial charge is 0.348 e. The monoisotopic (exact) mass is 398 g/mol. The van der Waals surface area contributed by atoms with Crippen molar-refractivity contribution in [2.75, 3.05) is 0 Å². The van der Waals surface area contributed by atoms with Gasteiger partial charge in [0.1, 0.15) is 13.8 Å². The predicted octanol–water partition coefficient (Wildman–Crippen LogP) is 5.84. The van der Waals surface area contributed by atoms with Crippen molar-refractivity contribution in [2.45, 2.75) is 90.4 Å². The zero-order valence-electron chi connectivity index (χ0n) is 18.8. The van der Waals surface area contributed by atoms with Gasteiger partial charge in [-0.15, -0.1) is 11.5 Å². The Balaban J connectivity index is 2.15. The predicted molar refractivity (Wildman–Crippen MR) is 121 cm³/mol. The van der Waals surface area contributed by atoms with E-state index in [9.17, 15) is 4.79 Å². The molecule has 1 aromatic rings. The van der Waals surface area contributed by atoms with Crippen LogP contribution >= 0.6 is 0 Å². The molecule has 1 aromatic heterocycles.